The van der Waals surface area contributed by atoms with E-state index >= 15 is 0 Å². The molecule has 0 heterocycles. The molecular formula is C17H29FN4O3S. The van der Waals surface area contributed by atoms with E-state index in [4.69, 9.17) is 4.74 Å². The number of halogens is 1. The molecule has 1 atom stereocenters. The van der Waals surface area contributed by atoms with Crippen molar-refractivity contribution in [3.63, 3.8) is 0 Å². The van der Waals surface area contributed by atoms with Gasteiger partial charge in [-0.05, 0) is 52.0 Å². The molecule has 1 aromatic rings. The van der Waals surface area contributed by atoms with Gasteiger partial charge in [0.25, 0.3) is 0 Å². The third-order valence-electron chi connectivity index (χ3n) is 3.15. The van der Waals surface area contributed by atoms with Crippen molar-refractivity contribution in [1.82, 2.24) is 15.4 Å². The molecule has 26 heavy (non-hydrogen) atoms. The Kier molecular flexibility index (Phi) is 8.29. The van der Waals surface area contributed by atoms with Crippen molar-refractivity contribution in [3.8, 4) is 5.75 Å². The summed E-state index contributed by atoms with van der Waals surface area (Å²) in [6.45, 7) is 8.76. The van der Waals surface area contributed by atoms with Gasteiger partial charge in [-0.1, -0.05) is 0 Å². The van der Waals surface area contributed by atoms with Crippen molar-refractivity contribution in [2.75, 3.05) is 25.9 Å². The van der Waals surface area contributed by atoms with Gasteiger partial charge in [-0.25, -0.2) is 17.5 Å². The quantitative estimate of drug-likeness (QED) is 0.440. The van der Waals surface area contributed by atoms with E-state index in [1.165, 1.54) is 12.1 Å². The fraction of sp³-hybridized carbons (Fsp3) is 0.588. The van der Waals surface area contributed by atoms with Gasteiger partial charge in [-0.3, -0.25) is 4.99 Å². The topological polar surface area (TPSA) is 91.8 Å². The Morgan fingerprint density at radius 1 is 1.27 bits per heavy atom. The zero-order valence-corrected chi connectivity index (χ0v) is 16.8. The van der Waals surface area contributed by atoms with Crippen LogP contribution in [0.15, 0.2) is 29.3 Å². The van der Waals surface area contributed by atoms with E-state index in [0.29, 0.717) is 24.8 Å². The van der Waals surface area contributed by atoms with Crippen molar-refractivity contribution in [2.24, 2.45) is 4.99 Å². The summed E-state index contributed by atoms with van der Waals surface area (Å²) in [6.07, 6.45) is 0.947. The van der Waals surface area contributed by atoms with Crippen LogP contribution in [0.25, 0.3) is 0 Å². The maximum atomic E-state index is 12.9. The second kappa shape index (κ2) is 9.72. The van der Waals surface area contributed by atoms with Gasteiger partial charge in [0.1, 0.15) is 17.7 Å². The first-order valence-electron chi connectivity index (χ1n) is 8.44. The second-order valence-corrected chi connectivity index (χ2v) is 8.47. The summed E-state index contributed by atoms with van der Waals surface area (Å²) in [5.41, 5.74) is -0.702. The van der Waals surface area contributed by atoms with Gasteiger partial charge in [-0.2, -0.15) is 0 Å². The summed E-state index contributed by atoms with van der Waals surface area (Å²) in [5.74, 6) is 0.835. The van der Waals surface area contributed by atoms with Crippen LogP contribution in [0.5, 0.6) is 5.75 Å². The predicted octanol–water partition coefficient (Wildman–Crippen LogP) is 1.48. The molecule has 0 radical (unpaired) electrons. The van der Waals surface area contributed by atoms with Crippen LogP contribution in [-0.4, -0.2) is 51.9 Å². The molecule has 1 aromatic carbocycles. The van der Waals surface area contributed by atoms with E-state index in [9.17, 15) is 12.8 Å². The molecule has 0 aromatic heterocycles. The second-order valence-electron chi connectivity index (χ2n) is 6.72. The van der Waals surface area contributed by atoms with Crippen LogP contribution in [0.3, 0.4) is 0 Å². The van der Waals surface area contributed by atoms with Crippen LogP contribution >= 0.6 is 0 Å². The third-order valence-corrected chi connectivity index (χ3v) is 4.07. The molecule has 0 aliphatic carbocycles. The van der Waals surface area contributed by atoms with Gasteiger partial charge < -0.3 is 15.4 Å². The maximum Gasteiger partial charge on any atom is 0.209 e. The Balaban J connectivity index is 2.59. The lowest BCUT2D eigenvalue weighted by Gasteiger charge is -2.24. The average molecular weight is 389 g/mol. The first-order chi connectivity index (χ1) is 12.0. The summed E-state index contributed by atoms with van der Waals surface area (Å²) >= 11 is 0. The minimum Gasteiger partial charge on any atom is -0.489 e. The molecule has 1 unspecified atom stereocenters. The number of rotatable bonds is 9. The Bertz CT molecular complexity index is 690. The maximum absolute atomic E-state index is 12.9. The number of benzene rings is 1. The van der Waals surface area contributed by atoms with Gasteiger partial charge in [0.2, 0.25) is 10.0 Å². The number of guanidine groups is 1. The van der Waals surface area contributed by atoms with E-state index < -0.39 is 15.6 Å². The SMILES string of the molecule is CCNC(=NCC(C)(C)NS(C)(=O)=O)NCC(C)Oc1ccc(F)cc1. The van der Waals surface area contributed by atoms with Crippen LogP contribution in [-0.2, 0) is 10.0 Å². The minimum absolute atomic E-state index is 0.175. The predicted molar refractivity (Wildman–Crippen MR) is 103 cm³/mol. The van der Waals surface area contributed by atoms with Gasteiger partial charge in [-0.15, -0.1) is 0 Å². The lowest BCUT2D eigenvalue weighted by Crippen LogP contribution is -2.47. The first-order valence-corrected chi connectivity index (χ1v) is 10.3. The number of aliphatic imine (C=N–C) groups is 1. The summed E-state index contributed by atoms with van der Waals surface area (Å²) in [4.78, 5) is 4.42. The van der Waals surface area contributed by atoms with Gasteiger partial charge in [0, 0.05) is 12.1 Å². The lowest BCUT2D eigenvalue weighted by atomic mass is 10.1. The third kappa shape index (κ3) is 9.57. The molecule has 0 saturated carbocycles. The molecule has 0 saturated heterocycles. The van der Waals surface area contributed by atoms with Crippen molar-refractivity contribution in [2.45, 2.75) is 39.3 Å². The monoisotopic (exact) mass is 388 g/mol. The molecule has 0 aliphatic rings. The number of sulfonamides is 1. The minimum atomic E-state index is -3.31. The molecule has 9 heteroatoms. The summed E-state index contributed by atoms with van der Waals surface area (Å²) in [7, 11) is -3.31. The van der Waals surface area contributed by atoms with E-state index in [0.717, 1.165) is 6.26 Å². The number of hydrogen-bond acceptors (Lipinski definition) is 4. The standard InChI is InChI=1S/C17H29FN4O3S/c1-6-19-16(21-12-17(3,4)22-26(5,23)24)20-11-13(2)25-15-9-7-14(18)8-10-15/h7-10,13,22H,6,11-12H2,1-5H3,(H2,19,20,21). The van der Waals surface area contributed by atoms with Crippen LogP contribution in [0.1, 0.15) is 27.7 Å². The van der Waals surface area contributed by atoms with Crippen LogP contribution in [0, 0.1) is 5.82 Å². The molecule has 0 bridgehead atoms. The Labute approximate surface area is 155 Å². The number of nitrogens with zero attached hydrogens (tertiary/aromatic N) is 1. The molecule has 0 amide bonds. The Morgan fingerprint density at radius 3 is 2.42 bits per heavy atom. The molecule has 0 fully saturated rings. The fourth-order valence-corrected chi connectivity index (χ4v) is 3.25. The Hall–Kier alpha value is -1.87. The van der Waals surface area contributed by atoms with E-state index in [1.54, 1.807) is 26.0 Å². The van der Waals surface area contributed by atoms with Crippen molar-refractivity contribution >= 4 is 16.0 Å². The molecule has 0 spiro atoms. The summed E-state index contributed by atoms with van der Waals surface area (Å²) in [6, 6.07) is 5.84. The van der Waals surface area contributed by atoms with Gasteiger partial charge in [0.05, 0.1) is 19.3 Å². The van der Waals surface area contributed by atoms with Crippen LogP contribution in [0.2, 0.25) is 0 Å². The number of nitrogens with one attached hydrogen (secondary N) is 3. The van der Waals surface area contributed by atoms with E-state index in [1.807, 2.05) is 13.8 Å². The molecular weight excluding hydrogens is 359 g/mol. The van der Waals surface area contributed by atoms with E-state index in [2.05, 4.69) is 20.3 Å². The average Bonchev–Trinajstić information content (AvgIpc) is 2.50. The normalized spacial score (nSPS) is 14.0. The van der Waals surface area contributed by atoms with Crippen molar-refractivity contribution < 1.29 is 17.5 Å². The molecule has 3 N–H and O–H groups in total. The summed E-state index contributed by atoms with van der Waals surface area (Å²) in [5, 5.41) is 6.25. The fourth-order valence-electron chi connectivity index (χ4n) is 2.18. The number of hydrogen-bond donors (Lipinski definition) is 3. The molecule has 7 nitrogen and oxygen atoms in total. The lowest BCUT2D eigenvalue weighted by molar-refractivity contribution is 0.223. The van der Waals surface area contributed by atoms with Crippen LogP contribution < -0.4 is 20.1 Å². The van der Waals surface area contributed by atoms with Gasteiger partial charge in [0.15, 0.2) is 5.96 Å². The smallest absolute Gasteiger partial charge is 0.209 e. The highest BCUT2D eigenvalue weighted by Crippen LogP contribution is 2.12. The highest BCUT2D eigenvalue weighted by molar-refractivity contribution is 7.88. The zero-order valence-electron chi connectivity index (χ0n) is 16.0. The number of ether oxygens (including phenoxy) is 1. The van der Waals surface area contributed by atoms with Crippen LogP contribution in [0.4, 0.5) is 4.39 Å². The van der Waals surface area contributed by atoms with Gasteiger partial charge >= 0.3 is 0 Å². The molecule has 1 rings (SSSR count). The largest absolute Gasteiger partial charge is 0.489 e. The zero-order chi connectivity index (χ0) is 19.8. The summed E-state index contributed by atoms with van der Waals surface area (Å²) < 4.78 is 44.0. The highest BCUT2D eigenvalue weighted by Gasteiger charge is 2.22. The van der Waals surface area contributed by atoms with Crippen molar-refractivity contribution in [1.29, 1.82) is 0 Å². The highest BCUT2D eigenvalue weighted by atomic mass is 32.2. The first kappa shape index (κ1) is 22.2. The Morgan fingerprint density at radius 2 is 1.88 bits per heavy atom. The van der Waals surface area contributed by atoms with Crippen molar-refractivity contribution in [3.05, 3.63) is 30.1 Å². The molecule has 0 aliphatic heterocycles. The molecule has 148 valence electrons. The van der Waals surface area contributed by atoms with E-state index in [-0.39, 0.29) is 18.5 Å².